The monoisotopic (exact) mass is 689 g/mol. The minimum Gasteiger partial charge on any atom is -0.508 e. The second kappa shape index (κ2) is 12.2. The maximum Gasteiger partial charge on any atom is 0.159 e. The molecule has 1 saturated heterocycles. The highest BCUT2D eigenvalue weighted by atomic mass is 16.6. The lowest BCUT2D eigenvalue weighted by molar-refractivity contribution is -0.193. The highest BCUT2D eigenvalue weighted by Crippen LogP contribution is 2.75. The topological polar surface area (TPSA) is 119 Å². The fourth-order valence-electron chi connectivity index (χ4n) is 13.6. The molecule has 5 fully saturated rings. The van der Waals surface area contributed by atoms with E-state index in [0.717, 1.165) is 30.4 Å². The number of hydrogen-bond donors (Lipinski definition) is 4. The van der Waals surface area contributed by atoms with E-state index in [1.54, 1.807) is 19.1 Å². The minimum atomic E-state index is -0.642. The third-order valence-electron chi connectivity index (χ3n) is 15.9. The Morgan fingerprint density at radius 1 is 0.980 bits per heavy atom. The molecule has 0 amide bonds. The third-order valence-corrected chi connectivity index (χ3v) is 15.9. The van der Waals surface area contributed by atoms with Gasteiger partial charge in [0.15, 0.2) is 5.78 Å². The molecule has 1 heterocycles. The van der Waals surface area contributed by atoms with Crippen molar-refractivity contribution in [2.75, 3.05) is 6.54 Å². The molecule has 4 N–H and O–H groups in total. The Morgan fingerprint density at radius 2 is 1.68 bits per heavy atom. The Hall–Kier alpha value is -2.06. The van der Waals surface area contributed by atoms with Crippen molar-refractivity contribution in [1.82, 2.24) is 5.32 Å². The van der Waals surface area contributed by atoms with Crippen LogP contribution in [0.1, 0.15) is 131 Å². The van der Waals surface area contributed by atoms with Gasteiger partial charge in [-0.3, -0.25) is 9.59 Å². The molecule has 0 spiro atoms. The molecule has 0 aromatic heterocycles. The van der Waals surface area contributed by atoms with Crippen LogP contribution in [0.25, 0.3) is 0 Å². The van der Waals surface area contributed by atoms with E-state index in [-0.39, 0.29) is 75.0 Å². The summed E-state index contributed by atoms with van der Waals surface area (Å²) in [4.78, 5) is 28.8. The molecule has 50 heavy (non-hydrogen) atoms. The minimum absolute atomic E-state index is 0.0187. The van der Waals surface area contributed by atoms with Crippen molar-refractivity contribution in [3.05, 3.63) is 41.0 Å². The van der Waals surface area contributed by atoms with Crippen molar-refractivity contribution in [2.45, 2.75) is 155 Å². The molecule has 1 aromatic carbocycles. The van der Waals surface area contributed by atoms with E-state index < -0.39 is 17.6 Å². The molecule has 0 bridgehead atoms. The predicted octanol–water partition coefficient (Wildman–Crippen LogP) is 7.27. The molecule has 0 radical (unpaired) electrons. The lowest BCUT2D eigenvalue weighted by Crippen LogP contribution is -2.69. The largest absolute Gasteiger partial charge is 0.508 e. The van der Waals surface area contributed by atoms with E-state index in [4.69, 9.17) is 4.74 Å². The number of ether oxygens (including phenoxy) is 1. The van der Waals surface area contributed by atoms with E-state index in [1.807, 2.05) is 12.1 Å². The van der Waals surface area contributed by atoms with Crippen LogP contribution in [0.4, 0.5) is 0 Å². The Morgan fingerprint density at radius 3 is 2.34 bits per heavy atom. The van der Waals surface area contributed by atoms with Crippen LogP contribution in [-0.4, -0.2) is 63.4 Å². The second-order valence-electron chi connectivity index (χ2n) is 19.2. The number of fused-ring (bicyclic) bond motifs is 5. The van der Waals surface area contributed by atoms with Gasteiger partial charge < -0.3 is 25.4 Å². The van der Waals surface area contributed by atoms with Gasteiger partial charge in [0.2, 0.25) is 0 Å². The van der Waals surface area contributed by atoms with E-state index in [0.29, 0.717) is 31.7 Å². The molecule has 276 valence electrons. The van der Waals surface area contributed by atoms with Gasteiger partial charge in [0.05, 0.1) is 17.8 Å². The molecule has 7 nitrogen and oxygen atoms in total. The number of Topliss-reactive ketones (excluding diaryl/α,β-unsaturated/α-hetero) is 2. The molecular formula is C43H63NO6. The molecule has 1 aliphatic heterocycles. The Balaban J connectivity index is 1.24. The zero-order valence-electron chi connectivity index (χ0n) is 31.9. The average Bonchev–Trinajstić information content (AvgIpc) is 3.32. The van der Waals surface area contributed by atoms with Gasteiger partial charge in [0.25, 0.3) is 0 Å². The van der Waals surface area contributed by atoms with Gasteiger partial charge in [0.1, 0.15) is 17.6 Å². The molecular weight excluding hydrogens is 626 g/mol. The number of hydrogen-bond acceptors (Lipinski definition) is 7. The van der Waals surface area contributed by atoms with Crippen molar-refractivity contribution in [3.63, 3.8) is 0 Å². The van der Waals surface area contributed by atoms with Gasteiger partial charge in [-0.2, -0.15) is 0 Å². The molecule has 0 unspecified atom stereocenters. The van der Waals surface area contributed by atoms with Crippen molar-refractivity contribution >= 4 is 11.6 Å². The SMILES string of the molecule is C[C@H](O)CN[C@H]1C[C@@]2(C)[C@H](CCC3=C([C@H](C)C[C@@H](O)[C@H]4O[C@]4(C)C4CCCC4)C(=O)C[C@@]32C)[C@]2(C)C[C@@H](c3cccc(O)c3)C(=O)C(C)(C)[C@H]12. The zero-order chi connectivity index (χ0) is 36.2. The van der Waals surface area contributed by atoms with Crippen LogP contribution in [0.2, 0.25) is 0 Å². The van der Waals surface area contributed by atoms with Crippen LogP contribution in [-0.2, 0) is 14.3 Å². The number of rotatable bonds is 9. The van der Waals surface area contributed by atoms with Crippen molar-refractivity contribution < 1.29 is 29.6 Å². The molecule has 5 aliphatic carbocycles. The van der Waals surface area contributed by atoms with E-state index in [2.05, 4.69) is 53.8 Å². The summed E-state index contributed by atoms with van der Waals surface area (Å²) in [6.07, 6.45) is 7.91. The van der Waals surface area contributed by atoms with Crippen LogP contribution in [0.3, 0.4) is 0 Å². The second-order valence-corrected chi connectivity index (χ2v) is 19.2. The van der Waals surface area contributed by atoms with E-state index in [9.17, 15) is 24.9 Å². The lowest BCUT2D eigenvalue weighted by atomic mass is 9.34. The van der Waals surface area contributed by atoms with Crippen LogP contribution in [0.5, 0.6) is 5.75 Å². The molecule has 12 atom stereocenters. The lowest BCUT2D eigenvalue weighted by Gasteiger charge is -2.70. The first-order valence-electron chi connectivity index (χ1n) is 19.8. The Bertz CT molecular complexity index is 1560. The van der Waals surface area contributed by atoms with Crippen LogP contribution >= 0.6 is 0 Å². The Labute approximate surface area is 300 Å². The summed E-state index contributed by atoms with van der Waals surface area (Å²) < 4.78 is 6.22. The summed E-state index contributed by atoms with van der Waals surface area (Å²) in [5, 5.41) is 36.1. The number of benzene rings is 1. The number of ketones is 2. The number of nitrogens with one attached hydrogen (secondary N) is 1. The molecule has 7 rings (SSSR count). The quantitative estimate of drug-likeness (QED) is 0.202. The normalized spacial score (nSPS) is 42.9. The van der Waals surface area contributed by atoms with Gasteiger partial charge in [-0.25, -0.2) is 0 Å². The number of carbonyl (C=O) groups excluding carboxylic acids is 2. The smallest absolute Gasteiger partial charge is 0.159 e. The average molecular weight is 690 g/mol. The first-order valence-corrected chi connectivity index (χ1v) is 19.8. The fraction of sp³-hybridized carbons (Fsp3) is 0.767. The predicted molar refractivity (Wildman–Crippen MR) is 195 cm³/mol. The maximum absolute atomic E-state index is 14.5. The van der Waals surface area contributed by atoms with Gasteiger partial charge >= 0.3 is 0 Å². The maximum atomic E-state index is 14.5. The fourth-order valence-corrected chi connectivity index (χ4v) is 13.6. The van der Waals surface area contributed by atoms with Crippen molar-refractivity contribution in [2.24, 2.45) is 45.3 Å². The number of aliphatic hydroxyl groups is 2. The van der Waals surface area contributed by atoms with Crippen molar-refractivity contribution in [1.29, 1.82) is 0 Å². The van der Waals surface area contributed by atoms with Gasteiger partial charge in [-0.05, 0) is 117 Å². The first kappa shape index (κ1) is 36.3. The number of epoxide rings is 1. The number of phenols is 1. The van der Waals surface area contributed by atoms with E-state index >= 15 is 0 Å². The first-order chi connectivity index (χ1) is 23.4. The van der Waals surface area contributed by atoms with Crippen LogP contribution in [0.15, 0.2) is 35.4 Å². The number of carbonyl (C=O) groups is 2. The summed E-state index contributed by atoms with van der Waals surface area (Å²) in [5.74, 6) is 1.08. The summed E-state index contributed by atoms with van der Waals surface area (Å²) in [7, 11) is 0. The number of aliphatic hydroxyl groups excluding tert-OH is 2. The Kier molecular flexibility index (Phi) is 8.89. The van der Waals surface area contributed by atoms with Crippen LogP contribution < -0.4 is 5.32 Å². The third kappa shape index (κ3) is 5.33. The standard InChI is InChI=1S/C43H63NO6/c1-24(18-32(47)38-43(8,50-38)27-13-9-10-14-27)35-30-16-17-34-40(5)20-29(26-12-11-15-28(46)19-26)37(49)39(3,4)36(40)31(44-23-25(2)45)21-42(34,7)41(30,6)22-33(35)48/h11-12,15,19,24-25,27,29,31-32,34,36,38,44-47H,9-10,13-14,16-18,20-23H2,1-8H3/t24-,25+,29+,31+,32-,34-,36+,38-,40+,41+,42+,43-/m1/s1. The summed E-state index contributed by atoms with van der Waals surface area (Å²) in [6.45, 7) is 18.0. The zero-order valence-corrected chi connectivity index (χ0v) is 31.9. The summed E-state index contributed by atoms with van der Waals surface area (Å²) >= 11 is 0. The van der Waals surface area contributed by atoms with Gasteiger partial charge in [-0.15, -0.1) is 0 Å². The van der Waals surface area contributed by atoms with Gasteiger partial charge in [0, 0.05) is 35.8 Å². The molecule has 7 heteroatoms. The summed E-state index contributed by atoms with van der Waals surface area (Å²) in [5.41, 5.74) is 1.42. The van der Waals surface area contributed by atoms with Crippen LogP contribution in [0, 0.1) is 45.3 Å². The molecule has 6 aliphatic rings. The van der Waals surface area contributed by atoms with Crippen molar-refractivity contribution in [3.8, 4) is 5.75 Å². The number of phenolic OH excluding ortho intramolecular Hbond substituents is 1. The molecule has 1 aromatic rings. The summed E-state index contributed by atoms with van der Waals surface area (Å²) in [6, 6.07) is 7.23. The number of aromatic hydroxyl groups is 1. The van der Waals surface area contributed by atoms with E-state index in [1.165, 1.54) is 31.3 Å². The van der Waals surface area contributed by atoms with Gasteiger partial charge in [-0.1, -0.05) is 72.1 Å². The highest BCUT2D eigenvalue weighted by Gasteiger charge is 2.71. The number of allylic oxidation sites excluding steroid dienone is 2. The molecule has 4 saturated carbocycles. The highest BCUT2D eigenvalue weighted by molar-refractivity contribution is 6.00.